The van der Waals surface area contributed by atoms with Gasteiger partial charge in [-0.05, 0) is 55.0 Å². The van der Waals surface area contributed by atoms with E-state index < -0.39 is 0 Å². The number of rotatable bonds is 3. The van der Waals surface area contributed by atoms with Gasteiger partial charge >= 0.3 is 0 Å². The Labute approximate surface area is 154 Å². The lowest BCUT2D eigenvalue weighted by molar-refractivity contribution is 0.700. The molecule has 26 heavy (non-hydrogen) atoms. The summed E-state index contributed by atoms with van der Waals surface area (Å²) in [5.41, 5.74) is 6.55. The van der Waals surface area contributed by atoms with Crippen LogP contribution in [0.2, 0.25) is 0 Å². The van der Waals surface area contributed by atoms with Crippen molar-refractivity contribution in [2.75, 3.05) is 5.43 Å². The van der Waals surface area contributed by atoms with Crippen LogP contribution in [0.1, 0.15) is 28.8 Å². The van der Waals surface area contributed by atoms with Crippen molar-refractivity contribution < 1.29 is 0 Å². The van der Waals surface area contributed by atoms with Crippen LogP contribution in [0.4, 0.5) is 5.82 Å². The van der Waals surface area contributed by atoms with E-state index in [1.165, 1.54) is 23.3 Å². The van der Waals surface area contributed by atoms with E-state index in [0.717, 1.165) is 45.3 Å². The molecule has 5 nitrogen and oxygen atoms in total. The highest BCUT2D eigenvalue weighted by Gasteiger charge is 2.19. The van der Waals surface area contributed by atoms with E-state index in [2.05, 4.69) is 37.6 Å². The lowest BCUT2D eigenvalue weighted by Crippen LogP contribution is -2.00. The molecule has 128 valence electrons. The van der Waals surface area contributed by atoms with Crippen molar-refractivity contribution in [1.82, 2.24) is 15.0 Å². The zero-order chi connectivity index (χ0) is 17.3. The molecule has 3 aromatic heterocycles. The van der Waals surface area contributed by atoms with Crippen molar-refractivity contribution in [3.05, 3.63) is 58.9 Å². The van der Waals surface area contributed by atoms with Crippen molar-refractivity contribution in [2.24, 2.45) is 5.10 Å². The first-order chi connectivity index (χ1) is 12.9. The minimum Gasteiger partial charge on any atom is -0.261 e. The minimum atomic E-state index is 0.799. The summed E-state index contributed by atoms with van der Waals surface area (Å²) in [6.07, 6.45) is 10.0. The lowest BCUT2D eigenvalue weighted by Gasteiger charge is -2.11. The van der Waals surface area contributed by atoms with E-state index >= 15 is 0 Å². The van der Waals surface area contributed by atoms with Crippen LogP contribution in [0.3, 0.4) is 0 Å². The zero-order valence-electron chi connectivity index (χ0n) is 14.1. The first-order valence-corrected chi connectivity index (χ1v) is 9.59. The van der Waals surface area contributed by atoms with Gasteiger partial charge in [0.1, 0.15) is 11.2 Å². The van der Waals surface area contributed by atoms with Gasteiger partial charge in [-0.25, -0.2) is 9.97 Å². The SMILES string of the molecule is C(=NNc1ncnc2sc3c(c12)CCCC3)c1ccc2ncccc2c1. The summed E-state index contributed by atoms with van der Waals surface area (Å²) in [6.45, 7) is 0. The van der Waals surface area contributed by atoms with Crippen LogP contribution in [-0.2, 0) is 12.8 Å². The highest BCUT2D eigenvalue weighted by atomic mass is 32.1. The molecule has 4 aromatic rings. The highest BCUT2D eigenvalue weighted by Crippen LogP contribution is 2.38. The molecule has 0 amide bonds. The number of nitrogens with zero attached hydrogens (tertiary/aromatic N) is 4. The summed E-state index contributed by atoms with van der Waals surface area (Å²) in [5, 5.41) is 6.67. The number of hydrazone groups is 1. The van der Waals surface area contributed by atoms with E-state index in [4.69, 9.17) is 0 Å². The van der Waals surface area contributed by atoms with Crippen LogP contribution in [0.25, 0.3) is 21.1 Å². The number of aryl methyl sites for hydroxylation is 2. The van der Waals surface area contributed by atoms with E-state index in [0.29, 0.717) is 0 Å². The number of pyridine rings is 1. The molecule has 6 heteroatoms. The van der Waals surface area contributed by atoms with Crippen LogP contribution >= 0.6 is 11.3 Å². The molecule has 5 rings (SSSR count). The van der Waals surface area contributed by atoms with Gasteiger partial charge in [0.05, 0.1) is 17.1 Å². The number of aromatic nitrogens is 3. The first kappa shape index (κ1) is 15.4. The average molecular weight is 359 g/mol. The van der Waals surface area contributed by atoms with Gasteiger partial charge in [-0.1, -0.05) is 12.1 Å². The monoisotopic (exact) mass is 359 g/mol. The van der Waals surface area contributed by atoms with Crippen molar-refractivity contribution in [1.29, 1.82) is 0 Å². The maximum Gasteiger partial charge on any atom is 0.158 e. The summed E-state index contributed by atoms with van der Waals surface area (Å²) in [6, 6.07) is 10.1. The molecule has 0 fully saturated rings. The summed E-state index contributed by atoms with van der Waals surface area (Å²) in [5.74, 6) is 0.799. The van der Waals surface area contributed by atoms with Gasteiger partial charge < -0.3 is 0 Å². The molecular weight excluding hydrogens is 342 g/mol. The van der Waals surface area contributed by atoms with Gasteiger partial charge in [-0.15, -0.1) is 11.3 Å². The number of anilines is 1. The minimum absolute atomic E-state index is 0.799. The molecule has 1 N–H and O–H groups in total. The lowest BCUT2D eigenvalue weighted by atomic mass is 9.97. The van der Waals surface area contributed by atoms with Gasteiger partial charge in [-0.3, -0.25) is 10.4 Å². The van der Waals surface area contributed by atoms with E-state index in [-0.39, 0.29) is 0 Å². The molecule has 0 saturated carbocycles. The van der Waals surface area contributed by atoms with Crippen molar-refractivity contribution in [2.45, 2.75) is 25.7 Å². The van der Waals surface area contributed by atoms with Crippen LogP contribution in [0.15, 0.2) is 48.0 Å². The normalized spacial score (nSPS) is 14.2. The molecule has 0 unspecified atom stereocenters. The van der Waals surface area contributed by atoms with Gasteiger partial charge in [-0.2, -0.15) is 5.10 Å². The molecule has 1 aromatic carbocycles. The Morgan fingerprint density at radius 2 is 2.04 bits per heavy atom. The molecule has 0 aliphatic heterocycles. The molecule has 0 spiro atoms. The third-order valence-electron chi connectivity index (χ3n) is 4.76. The van der Waals surface area contributed by atoms with E-state index in [9.17, 15) is 0 Å². The smallest absolute Gasteiger partial charge is 0.158 e. The number of hydrogen-bond acceptors (Lipinski definition) is 6. The van der Waals surface area contributed by atoms with Crippen LogP contribution in [-0.4, -0.2) is 21.2 Å². The fourth-order valence-corrected chi connectivity index (χ4v) is 4.75. The second-order valence-electron chi connectivity index (χ2n) is 6.44. The summed E-state index contributed by atoms with van der Waals surface area (Å²) < 4.78 is 0. The zero-order valence-corrected chi connectivity index (χ0v) is 15.0. The van der Waals surface area contributed by atoms with Crippen molar-refractivity contribution >= 4 is 44.5 Å². The molecule has 0 bridgehead atoms. The molecular formula is C20H17N5S. The van der Waals surface area contributed by atoms with Gasteiger partial charge in [0.25, 0.3) is 0 Å². The largest absolute Gasteiger partial charge is 0.261 e. The second-order valence-corrected chi connectivity index (χ2v) is 7.52. The van der Waals surface area contributed by atoms with Crippen LogP contribution < -0.4 is 5.43 Å². The van der Waals surface area contributed by atoms with Gasteiger partial charge in [0.2, 0.25) is 0 Å². The van der Waals surface area contributed by atoms with Crippen LogP contribution in [0, 0.1) is 0 Å². The standard InChI is InChI=1S/C20H17N5S/c1-2-6-17-15(5-1)18-19(22-12-23-20(18)26-17)25-24-11-13-7-8-16-14(10-13)4-3-9-21-16/h3-4,7-12H,1-2,5-6H2,(H,22,23,25). The Morgan fingerprint density at radius 1 is 1.08 bits per heavy atom. The van der Waals surface area contributed by atoms with E-state index in [1.807, 2.05) is 24.4 Å². The molecule has 1 aliphatic rings. The third kappa shape index (κ3) is 2.72. The predicted octanol–water partition coefficient (Wildman–Crippen LogP) is 4.56. The average Bonchev–Trinajstić information content (AvgIpc) is 3.07. The Bertz CT molecular complexity index is 1130. The quantitative estimate of drug-likeness (QED) is 0.430. The summed E-state index contributed by atoms with van der Waals surface area (Å²) in [7, 11) is 0. The highest BCUT2D eigenvalue weighted by molar-refractivity contribution is 7.19. The fourth-order valence-electron chi connectivity index (χ4n) is 3.52. The first-order valence-electron chi connectivity index (χ1n) is 8.77. The molecule has 1 aliphatic carbocycles. The number of nitrogens with one attached hydrogen (secondary N) is 1. The van der Waals surface area contributed by atoms with Gasteiger partial charge in [0, 0.05) is 16.5 Å². The number of thiophene rings is 1. The summed E-state index contributed by atoms with van der Waals surface area (Å²) >= 11 is 1.80. The number of hydrogen-bond donors (Lipinski definition) is 1. The maximum atomic E-state index is 4.46. The van der Waals surface area contributed by atoms with Crippen molar-refractivity contribution in [3.8, 4) is 0 Å². The Morgan fingerprint density at radius 3 is 3.04 bits per heavy atom. The Kier molecular flexibility index (Phi) is 3.83. The van der Waals surface area contributed by atoms with E-state index in [1.54, 1.807) is 23.9 Å². The summed E-state index contributed by atoms with van der Waals surface area (Å²) in [4.78, 5) is 15.7. The predicted molar refractivity (Wildman–Crippen MR) is 107 cm³/mol. The maximum absolute atomic E-state index is 4.46. The number of benzene rings is 1. The Hall–Kier alpha value is -2.86. The number of fused-ring (bicyclic) bond motifs is 4. The van der Waals surface area contributed by atoms with Crippen molar-refractivity contribution in [3.63, 3.8) is 0 Å². The molecule has 0 radical (unpaired) electrons. The fraction of sp³-hybridized carbons (Fsp3) is 0.200. The molecule has 0 saturated heterocycles. The second kappa shape index (κ2) is 6.46. The molecule has 0 atom stereocenters. The van der Waals surface area contributed by atoms with Gasteiger partial charge in [0.15, 0.2) is 5.82 Å². The Balaban J connectivity index is 1.45. The topological polar surface area (TPSA) is 63.1 Å². The third-order valence-corrected chi connectivity index (χ3v) is 5.96. The van der Waals surface area contributed by atoms with Crippen LogP contribution in [0.5, 0.6) is 0 Å². The molecule has 3 heterocycles.